The molecule has 0 fully saturated rings. The van der Waals surface area contributed by atoms with Crippen molar-refractivity contribution in [3.63, 3.8) is 0 Å². The van der Waals surface area contributed by atoms with Crippen LogP contribution in [-0.2, 0) is 4.43 Å². The Morgan fingerprint density at radius 2 is 2.00 bits per heavy atom. The summed E-state index contributed by atoms with van der Waals surface area (Å²) < 4.78 is 5.12. The minimum Gasteiger partial charge on any atom is -0.428 e. The van der Waals surface area contributed by atoms with Gasteiger partial charge >= 0.3 is 0 Å². The minimum absolute atomic E-state index is 0.528. The Balaban J connectivity index is 3.28. The standard InChI is InChI=1S/C8H20OSi/c1-4-8(2,3)6-5-7-9-10/h4-7H2,1-3,10H3. The first-order valence-electron chi connectivity index (χ1n) is 4.11. The molecular weight excluding hydrogens is 140 g/mol. The summed E-state index contributed by atoms with van der Waals surface area (Å²) in [5.41, 5.74) is 0.528. The van der Waals surface area contributed by atoms with Gasteiger partial charge in [0.25, 0.3) is 0 Å². The first-order valence-corrected chi connectivity index (χ1v) is 4.93. The summed E-state index contributed by atoms with van der Waals surface area (Å²) in [6, 6.07) is 0. The average molecular weight is 160 g/mol. The van der Waals surface area contributed by atoms with Crippen LogP contribution in [0.3, 0.4) is 0 Å². The Morgan fingerprint density at radius 3 is 2.40 bits per heavy atom. The molecule has 1 nitrogen and oxygen atoms in total. The van der Waals surface area contributed by atoms with E-state index in [0.717, 1.165) is 17.1 Å². The van der Waals surface area contributed by atoms with E-state index < -0.39 is 0 Å². The third kappa shape index (κ3) is 5.00. The summed E-state index contributed by atoms with van der Waals surface area (Å²) in [6.07, 6.45) is 3.80. The summed E-state index contributed by atoms with van der Waals surface area (Å²) in [7, 11) is 0.892. The fourth-order valence-corrected chi connectivity index (χ4v) is 1.16. The van der Waals surface area contributed by atoms with E-state index in [1.807, 2.05) is 0 Å². The lowest BCUT2D eigenvalue weighted by atomic mass is 9.85. The van der Waals surface area contributed by atoms with Crippen molar-refractivity contribution in [2.45, 2.75) is 40.0 Å². The molecule has 2 heteroatoms. The Kier molecular flexibility index (Phi) is 5.00. The fourth-order valence-electron chi connectivity index (χ4n) is 0.872. The number of hydrogen-bond donors (Lipinski definition) is 0. The molecule has 0 saturated carbocycles. The Labute approximate surface area is 67.7 Å². The highest BCUT2D eigenvalue weighted by Gasteiger charge is 2.13. The summed E-state index contributed by atoms with van der Waals surface area (Å²) in [5.74, 6) is 0. The molecular formula is C8H20OSi. The smallest absolute Gasteiger partial charge is 0.145 e. The molecule has 0 amide bonds. The largest absolute Gasteiger partial charge is 0.428 e. The molecule has 0 rings (SSSR count). The average Bonchev–Trinajstić information content (AvgIpc) is 1.89. The van der Waals surface area contributed by atoms with Gasteiger partial charge in [0.2, 0.25) is 0 Å². The molecule has 0 saturated heterocycles. The molecule has 0 aromatic heterocycles. The maximum atomic E-state index is 5.12. The molecule has 0 heterocycles. The van der Waals surface area contributed by atoms with Gasteiger partial charge in [0, 0.05) is 6.61 Å². The Bertz CT molecular complexity index is 81.3. The Hall–Kier alpha value is 0.177. The molecule has 0 unspecified atom stereocenters. The van der Waals surface area contributed by atoms with E-state index in [1.165, 1.54) is 19.3 Å². The molecule has 0 atom stereocenters. The molecule has 10 heavy (non-hydrogen) atoms. The Morgan fingerprint density at radius 1 is 1.40 bits per heavy atom. The lowest BCUT2D eigenvalue weighted by Gasteiger charge is -2.21. The minimum atomic E-state index is 0.528. The molecule has 0 aromatic rings. The summed E-state index contributed by atoms with van der Waals surface area (Å²) in [6.45, 7) is 7.86. The molecule has 0 aromatic carbocycles. The lowest BCUT2D eigenvalue weighted by Crippen LogP contribution is -2.10. The van der Waals surface area contributed by atoms with Crippen molar-refractivity contribution in [3.05, 3.63) is 0 Å². The third-order valence-corrected chi connectivity index (χ3v) is 2.57. The highest BCUT2D eigenvalue weighted by molar-refractivity contribution is 5.97. The van der Waals surface area contributed by atoms with E-state index in [9.17, 15) is 0 Å². The van der Waals surface area contributed by atoms with Crippen LogP contribution in [0.1, 0.15) is 40.0 Å². The highest BCUT2D eigenvalue weighted by Crippen LogP contribution is 2.25. The fraction of sp³-hybridized carbons (Fsp3) is 1.00. The van der Waals surface area contributed by atoms with Gasteiger partial charge < -0.3 is 4.43 Å². The van der Waals surface area contributed by atoms with Gasteiger partial charge in [0.05, 0.1) is 0 Å². The van der Waals surface area contributed by atoms with Crippen molar-refractivity contribution in [2.75, 3.05) is 6.61 Å². The van der Waals surface area contributed by atoms with Crippen LogP contribution in [0.15, 0.2) is 0 Å². The van der Waals surface area contributed by atoms with Crippen LogP contribution in [-0.4, -0.2) is 17.1 Å². The maximum absolute atomic E-state index is 5.12. The monoisotopic (exact) mass is 160 g/mol. The maximum Gasteiger partial charge on any atom is 0.145 e. The van der Waals surface area contributed by atoms with Gasteiger partial charge in [-0.2, -0.15) is 0 Å². The van der Waals surface area contributed by atoms with Crippen LogP contribution in [0.25, 0.3) is 0 Å². The third-order valence-electron chi connectivity index (χ3n) is 2.16. The molecule has 0 aliphatic heterocycles. The summed E-state index contributed by atoms with van der Waals surface area (Å²) in [5, 5.41) is 0. The summed E-state index contributed by atoms with van der Waals surface area (Å²) in [4.78, 5) is 0. The molecule has 0 spiro atoms. The molecule has 0 bridgehead atoms. The van der Waals surface area contributed by atoms with Crippen molar-refractivity contribution in [1.82, 2.24) is 0 Å². The van der Waals surface area contributed by atoms with Crippen LogP contribution < -0.4 is 0 Å². The SMILES string of the molecule is CCC(C)(C)CCCO[SiH3]. The van der Waals surface area contributed by atoms with Crippen molar-refractivity contribution in [2.24, 2.45) is 5.41 Å². The van der Waals surface area contributed by atoms with Crippen molar-refractivity contribution in [3.8, 4) is 0 Å². The highest BCUT2D eigenvalue weighted by atomic mass is 28.2. The first-order chi connectivity index (χ1) is 4.62. The van der Waals surface area contributed by atoms with Gasteiger partial charge in [0.15, 0.2) is 0 Å². The molecule has 62 valence electrons. The zero-order valence-electron chi connectivity index (χ0n) is 7.74. The van der Waals surface area contributed by atoms with Crippen LogP contribution in [0.2, 0.25) is 0 Å². The van der Waals surface area contributed by atoms with Crippen molar-refractivity contribution < 1.29 is 4.43 Å². The second-order valence-electron chi connectivity index (χ2n) is 3.61. The second-order valence-corrected chi connectivity index (χ2v) is 4.19. The molecule has 0 aliphatic rings. The van der Waals surface area contributed by atoms with E-state index in [0.29, 0.717) is 5.41 Å². The normalized spacial score (nSPS) is 12.3. The van der Waals surface area contributed by atoms with Gasteiger partial charge in [0.1, 0.15) is 10.5 Å². The summed E-state index contributed by atoms with van der Waals surface area (Å²) >= 11 is 0. The van der Waals surface area contributed by atoms with E-state index in [-0.39, 0.29) is 0 Å². The first kappa shape index (κ1) is 10.2. The number of rotatable bonds is 5. The van der Waals surface area contributed by atoms with Gasteiger partial charge in [-0.15, -0.1) is 0 Å². The quantitative estimate of drug-likeness (QED) is 0.437. The van der Waals surface area contributed by atoms with E-state index in [1.54, 1.807) is 0 Å². The van der Waals surface area contributed by atoms with E-state index in [2.05, 4.69) is 20.8 Å². The van der Waals surface area contributed by atoms with Crippen LogP contribution >= 0.6 is 0 Å². The van der Waals surface area contributed by atoms with Gasteiger partial charge in [-0.25, -0.2) is 0 Å². The van der Waals surface area contributed by atoms with Crippen LogP contribution in [0.4, 0.5) is 0 Å². The topological polar surface area (TPSA) is 9.23 Å². The van der Waals surface area contributed by atoms with Gasteiger partial charge in [-0.05, 0) is 18.3 Å². The molecule has 0 aliphatic carbocycles. The van der Waals surface area contributed by atoms with Crippen molar-refractivity contribution in [1.29, 1.82) is 0 Å². The second kappa shape index (κ2) is 4.91. The lowest BCUT2D eigenvalue weighted by molar-refractivity contribution is 0.263. The molecule has 0 N–H and O–H groups in total. The van der Waals surface area contributed by atoms with E-state index >= 15 is 0 Å². The van der Waals surface area contributed by atoms with Crippen molar-refractivity contribution >= 4 is 10.5 Å². The predicted octanol–water partition coefficient (Wildman–Crippen LogP) is 1.50. The van der Waals surface area contributed by atoms with Crippen LogP contribution in [0.5, 0.6) is 0 Å². The zero-order valence-corrected chi connectivity index (χ0v) is 9.74. The van der Waals surface area contributed by atoms with Crippen LogP contribution in [0, 0.1) is 5.41 Å². The number of hydrogen-bond acceptors (Lipinski definition) is 1. The predicted molar refractivity (Wildman–Crippen MR) is 49.2 cm³/mol. The van der Waals surface area contributed by atoms with Gasteiger partial charge in [-0.3, -0.25) is 0 Å². The molecule has 0 radical (unpaired) electrons. The zero-order chi connectivity index (χ0) is 8.04. The van der Waals surface area contributed by atoms with Gasteiger partial charge in [-0.1, -0.05) is 27.2 Å². The van der Waals surface area contributed by atoms with E-state index in [4.69, 9.17) is 4.43 Å².